The maximum atomic E-state index is 12.7. The minimum atomic E-state index is -4.48. The van der Waals surface area contributed by atoms with Gasteiger partial charge in [0.1, 0.15) is 11.4 Å². The van der Waals surface area contributed by atoms with Crippen molar-refractivity contribution >= 4 is 11.6 Å². The molecule has 26 heavy (non-hydrogen) atoms. The lowest BCUT2D eigenvalue weighted by molar-refractivity contribution is -0.137. The SMILES string of the molecule is COc1cccc(-c2cc(C(=O)Nc3cccc(C(F)(F)F)c3)[nH]n2)c1. The van der Waals surface area contributed by atoms with Gasteiger partial charge in [-0.1, -0.05) is 18.2 Å². The zero-order valence-electron chi connectivity index (χ0n) is 13.6. The molecule has 1 aromatic heterocycles. The molecule has 1 amide bonds. The van der Waals surface area contributed by atoms with Gasteiger partial charge in [0.25, 0.3) is 5.91 Å². The van der Waals surface area contributed by atoms with Crippen molar-refractivity contribution in [2.45, 2.75) is 6.18 Å². The number of H-pyrrole nitrogens is 1. The molecular formula is C18H14F3N3O2. The quantitative estimate of drug-likeness (QED) is 0.726. The van der Waals surface area contributed by atoms with Gasteiger partial charge in [-0.3, -0.25) is 9.89 Å². The van der Waals surface area contributed by atoms with Gasteiger partial charge in [0.2, 0.25) is 0 Å². The van der Waals surface area contributed by atoms with Crippen LogP contribution in [0, 0.1) is 0 Å². The van der Waals surface area contributed by atoms with E-state index in [1.165, 1.54) is 25.3 Å². The number of ether oxygens (including phenoxy) is 1. The van der Waals surface area contributed by atoms with Gasteiger partial charge < -0.3 is 10.1 Å². The van der Waals surface area contributed by atoms with Gasteiger partial charge in [-0.05, 0) is 36.4 Å². The average Bonchev–Trinajstić information content (AvgIpc) is 3.11. The third-order valence-electron chi connectivity index (χ3n) is 3.64. The number of aromatic amines is 1. The first-order valence-electron chi connectivity index (χ1n) is 7.55. The molecule has 0 unspecified atom stereocenters. The molecule has 0 aliphatic heterocycles. The summed E-state index contributed by atoms with van der Waals surface area (Å²) in [6, 6.07) is 13.0. The largest absolute Gasteiger partial charge is 0.497 e. The lowest BCUT2D eigenvalue weighted by Crippen LogP contribution is -2.13. The van der Waals surface area contributed by atoms with E-state index in [4.69, 9.17) is 4.74 Å². The molecule has 8 heteroatoms. The Kier molecular flexibility index (Phi) is 4.66. The van der Waals surface area contributed by atoms with E-state index in [0.29, 0.717) is 11.4 Å². The van der Waals surface area contributed by atoms with Crippen LogP contribution in [0.15, 0.2) is 54.6 Å². The highest BCUT2D eigenvalue weighted by Crippen LogP contribution is 2.30. The molecule has 134 valence electrons. The van der Waals surface area contributed by atoms with Crippen LogP contribution in [0.5, 0.6) is 5.75 Å². The molecule has 0 fully saturated rings. The highest BCUT2D eigenvalue weighted by molar-refractivity contribution is 6.03. The molecule has 0 spiro atoms. The summed E-state index contributed by atoms with van der Waals surface area (Å²) in [5.41, 5.74) is 0.580. The normalized spacial score (nSPS) is 11.2. The maximum absolute atomic E-state index is 12.7. The second-order valence-corrected chi connectivity index (χ2v) is 5.43. The first kappa shape index (κ1) is 17.5. The van der Waals surface area contributed by atoms with E-state index >= 15 is 0 Å². The number of carbonyl (C=O) groups is 1. The number of amides is 1. The van der Waals surface area contributed by atoms with Gasteiger partial charge >= 0.3 is 6.18 Å². The molecule has 0 saturated heterocycles. The van der Waals surface area contributed by atoms with Crippen molar-refractivity contribution in [1.82, 2.24) is 10.2 Å². The fourth-order valence-corrected chi connectivity index (χ4v) is 2.34. The van der Waals surface area contributed by atoms with Crippen LogP contribution in [-0.2, 0) is 6.18 Å². The summed E-state index contributed by atoms with van der Waals surface area (Å²) in [4.78, 5) is 12.3. The maximum Gasteiger partial charge on any atom is 0.416 e. The smallest absolute Gasteiger partial charge is 0.416 e. The van der Waals surface area contributed by atoms with Crippen molar-refractivity contribution in [2.75, 3.05) is 12.4 Å². The number of aromatic nitrogens is 2. The number of rotatable bonds is 4. The Balaban J connectivity index is 1.78. The number of nitrogens with one attached hydrogen (secondary N) is 2. The number of benzene rings is 2. The predicted octanol–water partition coefficient (Wildman–Crippen LogP) is 4.36. The number of halogens is 3. The first-order chi connectivity index (χ1) is 12.4. The Labute approximate surface area is 146 Å². The van der Waals surface area contributed by atoms with Crippen LogP contribution in [0.2, 0.25) is 0 Å². The van der Waals surface area contributed by atoms with E-state index in [9.17, 15) is 18.0 Å². The second kappa shape index (κ2) is 6.91. The van der Waals surface area contributed by atoms with E-state index in [1.807, 2.05) is 0 Å². The summed E-state index contributed by atoms with van der Waals surface area (Å²) < 4.78 is 43.4. The van der Waals surface area contributed by atoms with E-state index in [1.54, 1.807) is 24.3 Å². The number of carbonyl (C=O) groups excluding carboxylic acids is 1. The monoisotopic (exact) mass is 361 g/mol. The Morgan fingerprint density at radius 3 is 2.62 bits per heavy atom. The molecule has 0 aliphatic rings. The van der Waals surface area contributed by atoms with Crippen molar-refractivity contribution < 1.29 is 22.7 Å². The van der Waals surface area contributed by atoms with Crippen molar-refractivity contribution in [3.8, 4) is 17.0 Å². The van der Waals surface area contributed by atoms with E-state index in [0.717, 1.165) is 17.7 Å². The minimum absolute atomic E-state index is 0.0438. The first-order valence-corrected chi connectivity index (χ1v) is 7.55. The van der Waals surface area contributed by atoms with Crippen LogP contribution < -0.4 is 10.1 Å². The third-order valence-corrected chi connectivity index (χ3v) is 3.64. The number of methoxy groups -OCH3 is 1. The molecule has 3 rings (SSSR count). The minimum Gasteiger partial charge on any atom is -0.497 e. The lowest BCUT2D eigenvalue weighted by atomic mass is 10.1. The summed E-state index contributed by atoms with van der Waals surface area (Å²) in [5.74, 6) is 0.0476. The van der Waals surface area contributed by atoms with Crippen LogP contribution in [0.4, 0.5) is 18.9 Å². The molecule has 0 atom stereocenters. The highest BCUT2D eigenvalue weighted by Gasteiger charge is 2.30. The molecule has 2 aromatic carbocycles. The van der Waals surface area contributed by atoms with Crippen molar-refractivity contribution in [1.29, 1.82) is 0 Å². The van der Waals surface area contributed by atoms with Gasteiger partial charge in [-0.15, -0.1) is 0 Å². The van der Waals surface area contributed by atoms with Gasteiger partial charge in [0.15, 0.2) is 0 Å². The lowest BCUT2D eigenvalue weighted by Gasteiger charge is -2.09. The van der Waals surface area contributed by atoms with Gasteiger partial charge in [-0.25, -0.2) is 0 Å². The van der Waals surface area contributed by atoms with Gasteiger partial charge in [-0.2, -0.15) is 18.3 Å². The van der Waals surface area contributed by atoms with Gasteiger partial charge in [0.05, 0.1) is 18.4 Å². The van der Waals surface area contributed by atoms with E-state index in [-0.39, 0.29) is 11.4 Å². The van der Waals surface area contributed by atoms with Crippen molar-refractivity contribution in [3.05, 3.63) is 65.9 Å². The zero-order chi connectivity index (χ0) is 18.7. The number of alkyl halides is 3. The number of nitrogens with zero attached hydrogens (tertiary/aromatic N) is 1. The second-order valence-electron chi connectivity index (χ2n) is 5.43. The summed E-state index contributed by atoms with van der Waals surface area (Å²) in [7, 11) is 1.54. The Morgan fingerprint density at radius 2 is 1.88 bits per heavy atom. The molecule has 0 saturated carbocycles. The van der Waals surface area contributed by atoms with Crippen molar-refractivity contribution in [3.63, 3.8) is 0 Å². The fourth-order valence-electron chi connectivity index (χ4n) is 2.34. The molecule has 2 N–H and O–H groups in total. The summed E-state index contributed by atoms with van der Waals surface area (Å²) in [5, 5.41) is 9.06. The van der Waals surface area contributed by atoms with E-state index < -0.39 is 17.6 Å². The average molecular weight is 361 g/mol. The molecule has 3 aromatic rings. The molecule has 1 heterocycles. The fraction of sp³-hybridized carbons (Fsp3) is 0.111. The number of hydrogen-bond acceptors (Lipinski definition) is 3. The Bertz CT molecular complexity index is 935. The van der Waals surface area contributed by atoms with Crippen LogP contribution >= 0.6 is 0 Å². The Morgan fingerprint density at radius 1 is 1.12 bits per heavy atom. The molecule has 0 aliphatic carbocycles. The predicted molar refractivity (Wildman–Crippen MR) is 90.0 cm³/mol. The van der Waals surface area contributed by atoms with Crippen LogP contribution in [-0.4, -0.2) is 23.2 Å². The molecule has 0 radical (unpaired) electrons. The van der Waals surface area contributed by atoms with Crippen LogP contribution in [0.1, 0.15) is 16.1 Å². The standard InChI is InChI=1S/C18H14F3N3O2/c1-26-14-7-2-4-11(8-14)15-10-16(24-23-15)17(25)22-13-6-3-5-12(9-13)18(19,20)21/h2-10H,1H3,(H,22,25)(H,23,24). The van der Waals surface area contributed by atoms with Crippen molar-refractivity contribution in [2.24, 2.45) is 0 Å². The van der Waals surface area contributed by atoms with E-state index in [2.05, 4.69) is 15.5 Å². The van der Waals surface area contributed by atoms with Gasteiger partial charge in [0, 0.05) is 11.3 Å². The molecule has 0 bridgehead atoms. The molecular weight excluding hydrogens is 347 g/mol. The summed E-state index contributed by atoms with van der Waals surface area (Å²) in [6.45, 7) is 0. The zero-order valence-corrected chi connectivity index (χ0v) is 13.6. The Hall–Kier alpha value is -3.29. The van der Waals surface area contributed by atoms with Crippen LogP contribution in [0.25, 0.3) is 11.3 Å². The highest BCUT2D eigenvalue weighted by atomic mass is 19.4. The summed E-state index contributed by atoms with van der Waals surface area (Å²) >= 11 is 0. The number of anilines is 1. The number of hydrogen-bond donors (Lipinski definition) is 2. The third kappa shape index (κ3) is 3.85. The van der Waals surface area contributed by atoms with Crippen LogP contribution in [0.3, 0.4) is 0 Å². The molecule has 5 nitrogen and oxygen atoms in total. The summed E-state index contributed by atoms with van der Waals surface area (Å²) in [6.07, 6.45) is -4.48. The topological polar surface area (TPSA) is 67.0 Å².